The van der Waals surface area contributed by atoms with Crippen LogP contribution < -0.4 is 5.32 Å². The first-order chi connectivity index (χ1) is 6.27. The van der Waals surface area contributed by atoms with Crippen LogP contribution in [0.2, 0.25) is 0 Å². The average molecular weight is 197 g/mol. The smallest absolute Gasteiger partial charge is 0.121 e. The van der Waals surface area contributed by atoms with Crippen molar-refractivity contribution in [3.8, 4) is 0 Å². The van der Waals surface area contributed by atoms with Gasteiger partial charge in [-0.2, -0.15) is 11.8 Å². The van der Waals surface area contributed by atoms with Crippen molar-refractivity contribution in [3.05, 3.63) is 24.2 Å². The quantitative estimate of drug-likeness (QED) is 0.748. The average Bonchev–Trinajstić information content (AvgIpc) is 2.61. The van der Waals surface area contributed by atoms with E-state index in [1.165, 1.54) is 5.75 Å². The number of nitrogens with one attached hydrogen (secondary N) is 1. The Balaban J connectivity index is 2.12. The maximum atomic E-state index is 5.42. The van der Waals surface area contributed by atoms with Gasteiger partial charge in [0, 0.05) is 17.0 Å². The lowest BCUT2D eigenvalue weighted by molar-refractivity contribution is 0.380. The largest absolute Gasteiger partial charge is 0.468 e. The molecule has 0 saturated carbocycles. The standard InChI is InChI=1S/C10H15NOS/c1-7-6-13-8(2)10(11-7)9-4-3-5-12-9/h3-5,7-8,10-11H,6H2,1-2H3. The van der Waals surface area contributed by atoms with E-state index in [0.717, 1.165) is 5.76 Å². The fourth-order valence-electron chi connectivity index (χ4n) is 1.66. The Morgan fingerprint density at radius 1 is 1.54 bits per heavy atom. The van der Waals surface area contributed by atoms with Crippen molar-refractivity contribution in [2.24, 2.45) is 0 Å². The Morgan fingerprint density at radius 3 is 3.08 bits per heavy atom. The van der Waals surface area contributed by atoms with E-state index >= 15 is 0 Å². The fourth-order valence-corrected chi connectivity index (χ4v) is 2.76. The van der Waals surface area contributed by atoms with Gasteiger partial charge in [-0.15, -0.1) is 0 Å². The lowest BCUT2D eigenvalue weighted by atomic mass is 10.1. The van der Waals surface area contributed by atoms with Crippen molar-refractivity contribution in [1.82, 2.24) is 5.32 Å². The van der Waals surface area contributed by atoms with E-state index in [-0.39, 0.29) is 0 Å². The molecule has 1 N–H and O–H groups in total. The van der Waals surface area contributed by atoms with Gasteiger partial charge in [0.2, 0.25) is 0 Å². The molecule has 1 aliphatic rings. The van der Waals surface area contributed by atoms with Crippen LogP contribution in [0.15, 0.2) is 22.8 Å². The molecule has 3 heteroatoms. The van der Waals surface area contributed by atoms with E-state index in [4.69, 9.17) is 4.42 Å². The zero-order valence-corrected chi connectivity index (χ0v) is 8.80. The third-order valence-corrected chi connectivity index (χ3v) is 3.88. The van der Waals surface area contributed by atoms with Crippen LogP contribution >= 0.6 is 11.8 Å². The first kappa shape index (κ1) is 9.16. The second-order valence-electron chi connectivity index (χ2n) is 3.60. The predicted octanol–water partition coefficient (Wildman–Crippen LogP) is 2.43. The minimum atomic E-state index is 0.378. The fraction of sp³-hybridized carbons (Fsp3) is 0.600. The lowest BCUT2D eigenvalue weighted by Crippen LogP contribution is -2.41. The molecule has 0 radical (unpaired) electrons. The monoisotopic (exact) mass is 197 g/mol. The molecule has 13 heavy (non-hydrogen) atoms. The van der Waals surface area contributed by atoms with Gasteiger partial charge in [0.05, 0.1) is 12.3 Å². The number of rotatable bonds is 1. The molecular formula is C10H15NOS. The van der Waals surface area contributed by atoms with E-state index in [0.29, 0.717) is 17.3 Å². The molecule has 0 aliphatic carbocycles. The van der Waals surface area contributed by atoms with Gasteiger partial charge in [0.25, 0.3) is 0 Å². The van der Waals surface area contributed by atoms with Gasteiger partial charge in [0.1, 0.15) is 5.76 Å². The van der Waals surface area contributed by atoms with Gasteiger partial charge in [0.15, 0.2) is 0 Å². The van der Waals surface area contributed by atoms with Crippen molar-refractivity contribution in [1.29, 1.82) is 0 Å². The summed E-state index contributed by atoms with van der Waals surface area (Å²) in [4.78, 5) is 0. The van der Waals surface area contributed by atoms with Crippen molar-refractivity contribution in [3.63, 3.8) is 0 Å². The highest BCUT2D eigenvalue weighted by molar-refractivity contribution is 8.00. The molecule has 1 aromatic heterocycles. The molecule has 2 heterocycles. The molecule has 3 atom stereocenters. The summed E-state index contributed by atoms with van der Waals surface area (Å²) in [6.45, 7) is 4.46. The molecule has 0 spiro atoms. The Kier molecular flexibility index (Phi) is 2.65. The highest BCUT2D eigenvalue weighted by atomic mass is 32.2. The van der Waals surface area contributed by atoms with Gasteiger partial charge in [-0.05, 0) is 19.1 Å². The Bertz CT molecular complexity index is 260. The molecule has 0 aromatic carbocycles. The number of hydrogen-bond donors (Lipinski definition) is 1. The number of hydrogen-bond acceptors (Lipinski definition) is 3. The summed E-state index contributed by atoms with van der Waals surface area (Å²) in [5.74, 6) is 2.25. The molecule has 1 aromatic rings. The van der Waals surface area contributed by atoms with Crippen molar-refractivity contribution >= 4 is 11.8 Å². The summed E-state index contributed by atoms with van der Waals surface area (Å²) < 4.78 is 5.42. The minimum Gasteiger partial charge on any atom is -0.468 e. The van der Waals surface area contributed by atoms with Gasteiger partial charge < -0.3 is 9.73 Å². The van der Waals surface area contributed by atoms with Crippen LogP contribution in [0.3, 0.4) is 0 Å². The second kappa shape index (κ2) is 3.76. The van der Waals surface area contributed by atoms with Crippen molar-refractivity contribution in [2.45, 2.75) is 31.2 Å². The third-order valence-electron chi connectivity index (χ3n) is 2.39. The van der Waals surface area contributed by atoms with E-state index in [1.807, 2.05) is 23.9 Å². The first-order valence-electron chi connectivity index (χ1n) is 4.68. The lowest BCUT2D eigenvalue weighted by Gasteiger charge is -2.32. The molecule has 0 bridgehead atoms. The van der Waals surface area contributed by atoms with Crippen LogP contribution in [0.5, 0.6) is 0 Å². The Hall–Kier alpha value is -0.410. The third kappa shape index (κ3) is 1.92. The summed E-state index contributed by atoms with van der Waals surface area (Å²) in [6, 6.07) is 4.96. The molecule has 2 rings (SSSR count). The molecule has 1 saturated heterocycles. The molecule has 0 amide bonds. The molecule has 2 nitrogen and oxygen atoms in total. The Labute approximate surface area is 83.1 Å². The zero-order chi connectivity index (χ0) is 9.26. The maximum absolute atomic E-state index is 5.42. The minimum absolute atomic E-state index is 0.378. The van der Waals surface area contributed by atoms with E-state index in [2.05, 4.69) is 19.2 Å². The van der Waals surface area contributed by atoms with Crippen LogP contribution in [0, 0.1) is 0 Å². The van der Waals surface area contributed by atoms with Crippen LogP contribution in [-0.4, -0.2) is 17.0 Å². The normalized spacial score (nSPS) is 34.8. The number of thioether (sulfide) groups is 1. The molecular weight excluding hydrogens is 182 g/mol. The van der Waals surface area contributed by atoms with Gasteiger partial charge >= 0.3 is 0 Å². The second-order valence-corrected chi connectivity index (χ2v) is 5.01. The van der Waals surface area contributed by atoms with Crippen LogP contribution in [0.25, 0.3) is 0 Å². The summed E-state index contributed by atoms with van der Waals surface area (Å²) in [7, 11) is 0. The zero-order valence-electron chi connectivity index (χ0n) is 7.99. The van der Waals surface area contributed by atoms with Crippen LogP contribution in [0.1, 0.15) is 25.6 Å². The molecule has 1 aliphatic heterocycles. The van der Waals surface area contributed by atoms with Gasteiger partial charge in [-0.3, -0.25) is 0 Å². The first-order valence-corrected chi connectivity index (χ1v) is 5.73. The van der Waals surface area contributed by atoms with Crippen LogP contribution in [0.4, 0.5) is 0 Å². The maximum Gasteiger partial charge on any atom is 0.121 e. The summed E-state index contributed by atoms with van der Waals surface area (Å²) in [5.41, 5.74) is 0. The van der Waals surface area contributed by atoms with Gasteiger partial charge in [-0.25, -0.2) is 0 Å². The summed E-state index contributed by atoms with van der Waals surface area (Å²) in [6.07, 6.45) is 1.74. The van der Waals surface area contributed by atoms with Crippen molar-refractivity contribution in [2.75, 3.05) is 5.75 Å². The highest BCUT2D eigenvalue weighted by Crippen LogP contribution is 2.31. The molecule has 72 valence electrons. The number of furan rings is 1. The summed E-state index contributed by atoms with van der Waals surface area (Å²) in [5, 5.41) is 4.15. The topological polar surface area (TPSA) is 25.2 Å². The SMILES string of the molecule is CC1CSC(C)C(c2ccco2)N1. The van der Waals surface area contributed by atoms with Crippen LogP contribution in [-0.2, 0) is 0 Å². The predicted molar refractivity (Wildman–Crippen MR) is 56.0 cm³/mol. The van der Waals surface area contributed by atoms with Gasteiger partial charge in [-0.1, -0.05) is 6.92 Å². The highest BCUT2D eigenvalue weighted by Gasteiger charge is 2.28. The molecule has 1 fully saturated rings. The van der Waals surface area contributed by atoms with E-state index in [9.17, 15) is 0 Å². The Morgan fingerprint density at radius 2 is 2.38 bits per heavy atom. The summed E-state index contributed by atoms with van der Waals surface area (Å²) >= 11 is 2.01. The molecule has 3 unspecified atom stereocenters. The van der Waals surface area contributed by atoms with E-state index < -0.39 is 0 Å². The van der Waals surface area contributed by atoms with E-state index in [1.54, 1.807) is 6.26 Å². The van der Waals surface area contributed by atoms with Crippen molar-refractivity contribution < 1.29 is 4.42 Å².